The topological polar surface area (TPSA) is 35.5 Å². The Hall–Kier alpha value is -0.613. The number of unbranched alkanes of at least 4 members (excludes halogenated alkanes) is 17. The number of allylic oxidation sites excluding steroid dienone is 1. The molecule has 0 aromatic heterocycles. The SMILES string of the molecule is CCCCCCCCCCCC(=O)OC(CC=CCCCCCCCCO[Si](C)(C)C(C)(C)C)CCCCCC. The van der Waals surface area contributed by atoms with E-state index in [1.54, 1.807) is 0 Å². The lowest BCUT2D eigenvalue weighted by molar-refractivity contribution is -0.149. The fourth-order valence-electron chi connectivity index (χ4n) is 4.83. The van der Waals surface area contributed by atoms with Gasteiger partial charge in [-0.1, -0.05) is 143 Å². The summed E-state index contributed by atoms with van der Waals surface area (Å²) in [6.07, 6.45) is 32.4. The van der Waals surface area contributed by atoms with Crippen LogP contribution in [0.1, 0.15) is 182 Å². The van der Waals surface area contributed by atoms with Crippen LogP contribution in [-0.2, 0) is 14.0 Å². The van der Waals surface area contributed by atoms with Crippen LogP contribution in [0.25, 0.3) is 0 Å². The van der Waals surface area contributed by atoms with Crippen molar-refractivity contribution in [1.29, 1.82) is 0 Å². The van der Waals surface area contributed by atoms with E-state index in [-0.39, 0.29) is 12.1 Å². The quantitative estimate of drug-likeness (QED) is 0.0399. The van der Waals surface area contributed by atoms with E-state index >= 15 is 0 Å². The van der Waals surface area contributed by atoms with Gasteiger partial charge in [0.1, 0.15) is 6.10 Å². The van der Waals surface area contributed by atoms with Gasteiger partial charge in [-0.2, -0.15) is 0 Å². The first-order valence-electron chi connectivity index (χ1n) is 17.6. The van der Waals surface area contributed by atoms with E-state index in [4.69, 9.17) is 9.16 Å². The number of rotatable bonds is 28. The van der Waals surface area contributed by atoms with Gasteiger partial charge >= 0.3 is 5.97 Å². The van der Waals surface area contributed by atoms with Crippen molar-refractivity contribution in [1.82, 2.24) is 0 Å². The molecule has 0 rings (SSSR count). The molecule has 0 heterocycles. The van der Waals surface area contributed by atoms with Gasteiger partial charge < -0.3 is 9.16 Å². The van der Waals surface area contributed by atoms with Crippen molar-refractivity contribution in [2.45, 2.75) is 207 Å². The Morgan fingerprint density at radius 2 is 1.18 bits per heavy atom. The standard InChI is InChI=1S/C36H72O3Si/c1-8-10-12-14-15-17-21-24-28-32-35(37)39-34(30-26-13-11-9-2)31-27-23-20-18-16-19-22-25-29-33-38-40(6,7)36(3,4)5/h23,27,34H,8-22,24-26,28-33H2,1-7H3. The van der Waals surface area contributed by atoms with Gasteiger partial charge in [0.15, 0.2) is 8.32 Å². The van der Waals surface area contributed by atoms with Gasteiger partial charge in [-0.05, 0) is 56.7 Å². The van der Waals surface area contributed by atoms with Crippen LogP contribution in [0.2, 0.25) is 18.1 Å². The van der Waals surface area contributed by atoms with Gasteiger partial charge in [-0.15, -0.1) is 0 Å². The van der Waals surface area contributed by atoms with Crippen LogP contribution in [0.15, 0.2) is 12.2 Å². The van der Waals surface area contributed by atoms with E-state index in [1.165, 1.54) is 109 Å². The fraction of sp³-hybridized carbons (Fsp3) is 0.917. The van der Waals surface area contributed by atoms with Crippen molar-refractivity contribution < 1.29 is 14.0 Å². The summed E-state index contributed by atoms with van der Waals surface area (Å²) in [4.78, 5) is 12.5. The molecule has 0 spiro atoms. The van der Waals surface area contributed by atoms with Crippen LogP contribution in [-0.4, -0.2) is 27.0 Å². The second-order valence-corrected chi connectivity index (χ2v) is 18.6. The highest BCUT2D eigenvalue weighted by Gasteiger charge is 2.36. The van der Waals surface area contributed by atoms with Crippen molar-refractivity contribution in [2.24, 2.45) is 0 Å². The highest BCUT2D eigenvalue weighted by atomic mass is 28.4. The molecule has 40 heavy (non-hydrogen) atoms. The maximum absolute atomic E-state index is 12.5. The van der Waals surface area contributed by atoms with Crippen LogP contribution in [0.3, 0.4) is 0 Å². The molecule has 1 atom stereocenters. The Labute approximate surface area is 253 Å². The maximum atomic E-state index is 12.5. The van der Waals surface area contributed by atoms with E-state index in [0.29, 0.717) is 11.5 Å². The van der Waals surface area contributed by atoms with Gasteiger partial charge in [0.2, 0.25) is 0 Å². The molecule has 0 radical (unpaired) electrons. The van der Waals surface area contributed by atoms with Crippen molar-refractivity contribution in [3.8, 4) is 0 Å². The van der Waals surface area contributed by atoms with Gasteiger partial charge in [0.05, 0.1) is 0 Å². The van der Waals surface area contributed by atoms with Crippen LogP contribution in [0.5, 0.6) is 0 Å². The molecule has 0 fully saturated rings. The molecule has 0 bridgehead atoms. The summed E-state index contributed by atoms with van der Waals surface area (Å²) in [5.74, 6) is 0.0200. The molecule has 0 aliphatic rings. The minimum atomic E-state index is -1.58. The largest absolute Gasteiger partial charge is 0.462 e. The summed E-state index contributed by atoms with van der Waals surface area (Å²) in [6, 6.07) is 0. The predicted octanol–water partition coefficient (Wildman–Crippen LogP) is 12.5. The smallest absolute Gasteiger partial charge is 0.306 e. The molecule has 0 saturated carbocycles. The molecule has 0 saturated heterocycles. The molecular formula is C36H72O3Si. The average molecular weight is 581 g/mol. The van der Waals surface area contributed by atoms with Crippen LogP contribution >= 0.6 is 0 Å². The summed E-state index contributed by atoms with van der Waals surface area (Å²) in [7, 11) is -1.58. The molecular weight excluding hydrogens is 508 g/mol. The van der Waals surface area contributed by atoms with Crippen molar-refractivity contribution in [3.05, 3.63) is 12.2 Å². The third-order valence-corrected chi connectivity index (χ3v) is 13.3. The lowest BCUT2D eigenvalue weighted by atomic mass is 10.1. The van der Waals surface area contributed by atoms with E-state index in [1.807, 2.05) is 0 Å². The summed E-state index contributed by atoms with van der Waals surface area (Å²) < 4.78 is 12.2. The lowest BCUT2D eigenvalue weighted by Gasteiger charge is -2.36. The summed E-state index contributed by atoms with van der Waals surface area (Å²) in [5, 5.41) is 0.309. The van der Waals surface area contributed by atoms with Crippen molar-refractivity contribution in [2.75, 3.05) is 6.61 Å². The van der Waals surface area contributed by atoms with E-state index < -0.39 is 8.32 Å². The lowest BCUT2D eigenvalue weighted by Crippen LogP contribution is -2.40. The highest BCUT2D eigenvalue weighted by Crippen LogP contribution is 2.36. The minimum Gasteiger partial charge on any atom is -0.462 e. The Morgan fingerprint density at radius 1 is 0.675 bits per heavy atom. The third-order valence-electron chi connectivity index (χ3n) is 8.76. The zero-order valence-corrected chi connectivity index (χ0v) is 29.4. The first-order chi connectivity index (χ1) is 19.1. The zero-order chi connectivity index (χ0) is 30.0. The Kier molecular flexibility index (Phi) is 25.6. The molecule has 0 aliphatic carbocycles. The molecule has 0 aromatic rings. The second-order valence-electron chi connectivity index (χ2n) is 13.8. The van der Waals surface area contributed by atoms with E-state index in [2.05, 4.69) is 59.9 Å². The Bertz CT molecular complexity index is 593. The van der Waals surface area contributed by atoms with Crippen LogP contribution in [0.4, 0.5) is 0 Å². The number of hydrogen-bond acceptors (Lipinski definition) is 3. The Morgan fingerprint density at radius 3 is 1.75 bits per heavy atom. The molecule has 0 N–H and O–H groups in total. The molecule has 0 amide bonds. The summed E-state index contributed by atoms with van der Waals surface area (Å²) >= 11 is 0. The molecule has 238 valence electrons. The fourth-order valence-corrected chi connectivity index (χ4v) is 5.92. The average Bonchev–Trinajstić information content (AvgIpc) is 2.89. The number of ether oxygens (including phenoxy) is 1. The minimum absolute atomic E-state index is 0.0200. The summed E-state index contributed by atoms with van der Waals surface area (Å²) in [6.45, 7) is 17.1. The molecule has 1 unspecified atom stereocenters. The van der Waals surface area contributed by atoms with Crippen molar-refractivity contribution in [3.63, 3.8) is 0 Å². The summed E-state index contributed by atoms with van der Waals surface area (Å²) in [5.41, 5.74) is 0. The highest BCUT2D eigenvalue weighted by molar-refractivity contribution is 6.74. The van der Waals surface area contributed by atoms with Gasteiger partial charge in [-0.3, -0.25) is 4.79 Å². The normalized spacial score (nSPS) is 13.3. The third kappa shape index (κ3) is 24.0. The number of carbonyl (C=O) groups excluding carboxylic acids is 1. The second kappa shape index (κ2) is 26.0. The number of esters is 1. The molecule has 0 aromatic carbocycles. The van der Waals surface area contributed by atoms with Gasteiger partial charge in [-0.25, -0.2) is 0 Å². The Balaban J connectivity index is 4.00. The number of carbonyl (C=O) groups is 1. The molecule has 4 heteroatoms. The van der Waals surface area contributed by atoms with Crippen molar-refractivity contribution >= 4 is 14.3 Å². The first-order valence-corrected chi connectivity index (χ1v) is 20.5. The van der Waals surface area contributed by atoms with E-state index in [0.717, 1.165) is 38.7 Å². The monoisotopic (exact) mass is 581 g/mol. The molecule has 0 aliphatic heterocycles. The number of hydrogen-bond donors (Lipinski definition) is 0. The van der Waals surface area contributed by atoms with Gasteiger partial charge in [0, 0.05) is 19.4 Å². The van der Waals surface area contributed by atoms with Gasteiger partial charge in [0.25, 0.3) is 0 Å². The van der Waals surface area contributed by atoms with Crippen LogP contribution < -0.4 is 0 Å². The maximum Gasteiger partial charge on any atom is 0.306 e. The first kappa shape index (κ1) is 39.4. The zero-order valence-electron chi connectivity index (χ0n) is 28.4. The van der Waals surface area contributed by atoms with E-state index in [9.17, 15) is 4.79 Å². The van der Waals surface area contributed by atoms with Crippen LogP contribution in [0, 0.1) is 0 Å². The molecule has 3 nitrogen and oxygen atoms in total. The predicted molar refractivity (Wildman–Crippen MR) is 180 cm³/mol.